The number of rotatable bonds is 14. The SMILES string of the molecule is CCC(Cl)(Oc1cc(C(C(=O)Nc2ccccc2)C(=O)c2ccc(OC)cc2)c(C(C)(C)CC)cc1C(C)(C)CC)C(N)=O. The standard InChI is InChI=1S/C36H45ClN2O5/c1-9-34(4,5)27-22-28(35(6,7)10-2)29(44-36(37,11-3)33(38)42)21-26(27)30(32(41)39-24-15-13-12-14-16-24)31(40)23-17-19-25(43-8)20-18-23/h12-22,30H,9-11H2,1-8H3,(H2,38,42)(H,39,41). The Bertz CT molecular complexity index is 1480. The normalized spacial score (nSPS) is 13.8. The van der Waals surface area contributed by atoms with E-state index in [1.165, 1.54) is 0 Å². The molecule has 0 saturated carbocycles. The summed E-state index contributed by atoms with van der Waals surface area (Å²) in [5, 5.41) is 1.12. The monoisotopic (exact) mass is 620 g/mol. The fraction of sp³-hybridized carbons (Fsp3) is 0.417. The molecular weight excluding hydrogens is 576 g/mol. The van der Waals surface area contributed by atoms with Crippen LogP contribution in [-0.4, -0.2) is 29.8 Å². The van der Waals surface area contributed by atoms with Crippen molar-refractivity contribution in [2.75, 3.05) is 12.4 Å². The Labute approximate surface area is 266 Å². The molecule has 0 saturated heterocycles. The summed E-state index contributed by atoms with van der Waals surface area (Å²) < 4.78 is 11.6. The number of ether oxygens (including phenoxy) is 2. The molecule has 44 heavy (non-hydrogen) atoms. The van der Waals surface area contributed by atoms with E-state index in [9.17, 15) is 14.4 Å². The van der Waals surface area contributed by atoms with Crippen molar-refractivity contribution in [1.82, 2.24) is 0 Å². The Morgan fingerprint density at radius 3 is 1.91 bits per heavy atom. The van der Waals surface area contributed by atoms with E-state index in [2.05, 4.69) is 46.9 Å². The van der Waals surface area contributed by atoms with Gasteiger partial charge in [-0.25, -0.2) is 0 Å². The average Bonchev–Trinajstić information content (AvgIpc) is 3.01. The van der Waals surface area contributed by atoms with Gasteiger partial charge in [0.2, 0.25) is 5.91 Å². The van der Waals surface area contributed by atoms with E-state index in [0.717, 1.165) is 24.0 Å². The number of amides is 2. The third kappa shape index (κ3) is 7.44. The smallest absolute Gasteiger partial charge is 0.277 e. The lowest BCUT2D eigenvalue weighted by molar-refractivity contribution is -0.127. The summed E-state index contributed by atoms with van der Waals surface area (Å²) in [7, 11) is 1.55. The van der Waals surface area contributed by atoms with Crippen molar-refractivity contribution in [1.29, 1.82) is 0 Å². The predicted molar refractivity (Wildman–Crippen MR) is 177 cm³/mol. The minimum Gasteiger partial charge on any atom is -0.497 e. The highest BCUT2D eigenvalue weighted by Crippen LogP contribution is 2.45. The molecule has 7 nitrogen and oxygen atoms in total. The maximum absolute atomic E-state index is 14.4. The molecule has 0 heterocycles. The Morgan fingerprint density at radius 1 is 0.841 bits per heavy atom. The van der Waals surface area contributed by atoms with Gasteiger partial charge in [-0.15, -0.1) is 0 Å². The van der Waals surface area contributed by atoms with E-state index in [1.54, 1.807) is 56.5 Å². The first-order chi connectivity index (χ1) is 20.6. The summed E-state index contributed by atoms with van der Waals surface area (Å²) in [6.07, 6.45) is 1.58. The van der Waals surface area contributed by atoms with Gasteiger partial charge in [0.25, 0.3) is 11.0 Å². The number of ketones is 1. The van der Waals surface area contributed by atoms with Crippen LogP contribution in [-0.2, 0) is 20.4 Å². The van der Waals surface area contributed by atoms with Gasteiger partial charge in [-0.1, -0.05) is 84.3 Å². The fourth-order valence-corrected chi connectivity index (χ4v) is 5.03. The first-order valence-electron chi connectivity index (χ1n) is 15.0. The number of anilines is 1. The molecule has 3 N–H and O–H groups in total. The maximum Gasteiger partial charge on any atom is 0.277 e. The van der Waals surface area contributed by atoms with Crippen LogP contribution >= 0.6 is 11.6 Å². The number of hydrogen-bond acceptors (Lipinski definition) is 5. The first-order valence-corrected chi connectivity index (χ1v) is 15.4. The minimum absolute atomic E-state index is 0.107. The van der Waals surface area contributed by atoms with E-state index in [0.29, 0.717) is 28.3 Å². The zero-order chi connectivity index (χ0) is 32.9. The molecule has 3 aromatic rings. The topological polar surface area (TPSA) is 108 Å². The molecule has 2 atom stereocenters. The zero-order valence-electron chi connectivity index (χ0n) is 27.0. The van der Waals surface area contributed by atoms with Crippen LogP contribution in [0.4, 0.5) is 5.69 Å². The molecule has 3 rings (SSSR count). The highest BCUT2D eigenvalue weighted by atomic mass is 35.5. The number of methoxy groups -OCH3 is 1. The summed E-state index contributed by atoms with van der Waals surface area (Å²) in [4.78, 5) is 41.1. The number of halogens is 1. The van der Waals surface area contributed by atoms with Crippen LogP contribution in [0.2, 0.25) is 0 Å². The second-order valence-electron chi connectivity index (χ2n) is 12.3. The van der Waals surface area contributed by atoms with Crippen LogP contribution in [0.25, 0.3) is 0 Å². The summed E-state index contributed by atoms with van der Waals surface area (Å²) >= 11 is 6.65. The Morgan fingerprint density at radius 2 is 1.41 bits per heavy atom. The van der Waals surface area contributed by atoms with E-state index in [1.807, 2.05) is 24.3 Å². The van der Waals surface area contributed by atoms with Crippen molar-refractivity contribution in [3.05, 3.63) is 89.0 Å². The van der Waals surface area contributed by atoms with Crippen molar-refractivity contribution < 1.29 is 23.9 Å². The van der Waals surface area contributed by atoms with Gasteiger partial charge in [0.1, 0.15) is 17.4 Å². The van der Waals surface area contributed by atoms with Crippen molar-refractivity contribution in [2.24, 2.45) is 5.73 Å². The molecule has 0 radical (unpaired) electrons. The molecular formula is C36H45ClN2O5. The van der Waals surface area contributed by atoms with E-state index >= 15 is 0 Å². The highest BCUT2D eigenvalue weighted by Gasteiger charge is 2.40. The van der Waals surface area contributed by atoms with Gasteiger partial charge >= 0.3 is 0 Å². The molecule has 0 aliphatic rings. The number of primary amides is 1. The summed E-state index contributed by atoms with van der Waals surface area (Å²) in [6.45, 7) is 14.2. The zero-order valence-corrected chi connectivity index (χ0v) is 27.8. The number of alkyl halides is 1. The molecule has 0 spiro atoms. The molecule has 2 unspecified atom stereocenters. The second-order valence-corrected chi connectivity index (χ2v) is 13.0. The fourth-order valence-electron chi connectivity index (χ4n) is 4.95. The minimum atomic E-state index is -1.82. The van der Waals surface area contributed by atoms with Gasteiger partial charge in [0.15, 0.2) is 5.78 Å². The van der Waals surface area contributed by atoms with Crippen LogP contribution < -0.4 is 20.5 Å². The van der Waals surface area contributed by atoms with E-state index in [-0.39, 0.29) is 6.42 Å². The van der Waals surface area contributed by atoms with Crippen LogP contribution in [0, 0.1) is 0 Å². The number of carbonyl (C=O) groups is 3. The number of Topliss-reactive ketones (excluding diaryl/α,β-unsaturated/α-hetero) is 1. The number of para-hydroxylation sites is 1. The first kappa shape index (κ1) is 34.6. The molecule has 0 fully saturated rings. The van der Waals surface area contributed by atoms with Crippen molar-refractivity contribution in [3.63, 3.8) is 0 Å². The Kier molecular flexibility index (Phi) is 10.9. The van der Waals surface area contributed by atoms with Crippen molar-refractivity contribution >= 4 is 34.9 Å². The molecule has 2 amide bonds. The number of benzene rings is 3. The second kappa shape index (κ2) is 13.9. The largest absolute Gasteiger partial charge is 0.497 e. The average molecular weight is 621 g/mol. The molecule has 0 bridgehead atoms. The lowest BCUT2D eigenvalue weighted by atomic mass is 9.71. The van der Waals surface area contributed by atoms with Gasteiger partial charge in [-0.2, -0.15) is 0 Å². The lowest BCUT2D eigenvalue weighted by Crippen LogP contribution is -2.44. The molecule has 8 heteroatoms. The van der Waals surface area contributed by atoms with E-state index < -0.39 is 39.4 Å². The Balaban J connectivity index is 2.40. The number of hydrogen-bond donors (Lipinski definition) is 2. The van der Waals surface area contributed by atoms with E-state index in [4.69, 9.17) is 26.8 Å². The van der Waals surface area contributed by atoms with Crippen molar-refractivity contribution in [3.8, 4) is 11.5 Å². The van der Waals surface area contributed by atoms with Crippen LogP contribution in [0.3, 0.4) is 0 Å². The quantitative estimate of drug-likeness (QED) is 0.108. The number of nitrogens with one attached hydrogen (secondary N) is 1. The van der Waals surface area contributed by atoms with Crippen LogP contribution in [0.15, 0.2) is 66.7 Å². The molecule has 236 valence electrons. The summed E-state index contributed by atoms with van der Waals surface area (Å²) in [5.74, 6) is -2.09. The van der Waals surface area contributed by atoms with Gasteiger partial charge in [0, 0.05) is 23.2 Å². The molecule has 0 aliphatic carbocycles. The predicted octanol–water partition coefficient (Wildman–Crippen LogP) is 7.88. The maximum atomic E-state index is 14.4. The highest BCUT2D eigenvalue weighted by molar-refractivity contribution is 6.33. The third-order valence-electron chi connectivity index (χ3n) is 8.72. The van der Waals surface area contributed by atoms with Gasteiger partial charge in [-0.05, 0) is 77.3 Å². The number of carbonyl (C=O) groups excluding carboxylic acids is 3. The molecule has 3 aromatic carbocycles. The van der Waals surface area contributed by atoms with Crippen LogP contribution in [0.1, 0.15) is 101 Å². The van der Waals surface area contributed by atoms with Crippen LogP contribution in [0.5, 0.6) is 11.5 Å². The van der Waals surface area contributed by atoms with Crippen molar-refractivity contribution in [2.45, 2.75) is 89.5 Å². The number of nitrogens with two attached hydrogens (primary N) is 1. The summed E-state index contributed by atoms with van der Waals surface area (Å²) in [5.41, 5.74) is 7.85. The Hall–Kier alpha value is -3.84. The molecule has 0 aromatic heterocycles. The lowest BCUT2D eigenvalue weighted by Gasteiger charge is -2.35. The van der Waals surface area contributed by atoms with Gasteiger partial charge in [-0.3, -0.25) is 14.4 Å². The molecule has 0 aliphatic heterocycles. The van der Waals surface area contributed by atoms with Gasteiger partial charge in [0.05, 0.1) is 7.11 Å². The van der Waals surface area contributed by atoms with Gasteiger partial charge < -0.3 is 20.5 Å². The third-order valence-corrected chi connectivity index (χ3v) is 9.25. The summed E-state index contributed by atoms with van der Waals surface area (Å²) in [6, 6.07) is 19.4.